The largest absolute Gasteiger partial charge is 0.393 e. The quantitative estimate of drug-likeness (QED) is 0.674. The van der Waals surface area contributed by atoms with Crippen LogP contribution in [0.25, 0.3) is 0 Å². The van der Waals surface area contributed by atoms with Crippen molar-refractivity contribution in [1.82, 2.24) is 0 Å². The summed E-state index contributed by atoms with van der Waals surface area (Å²) in [6.45, 7) is 6.96. The molecule has 0 aliphatic carbocycles. The summed E-state index contributed by atoms with van der Waals surface area (Å²) in [4.78, 5) is 0. The first-order valence-corrected chi connectivity index (χ1v) is 7.08. The molecule has 1 fully saturated rings. The van der Waals surface area contributed by atoms with Gasteiger partial charge in [-0.2, -0.15) is 13.2 Å². The second kappa shape index (κ2) is 4.79. The van der Waals surface area contributed by atoms with Gasteiger partial charge in [-0.25, -0.2) is 0 Å². The average molecular weight is 260 g/mol. The van der Waals surface area contributed by atoms with Crippen LogP contribution in [0.5, 0.6) is 0 Å². The fraction of sp³-hybridized carbons (Fsp3) is 1.00. The molecule has 1 heterocycles. The van der Waals surface area contributed by atoms with E-state index in [4.69, 9.17) is 0 Å². The molecule has 0 saturated carbocycles. The highest BCUT2D eigenvalue weighted by Gasteiger charge is 2.65. The first-order chi connectivity index (χ1) is 8.02. The fourth-order valence-electron chi connectivity index (χ4n) is 3.76. The van der Waals surface area contributed by atoms with E-state index < -0.39 is 16.8 Å². The van der Waals surface area contributed by atoms with Gasteiger partial charge < -0.3 is 0 Å². The summed E-state index contributed by atoms with van der Waals surface area (Å²) >= 11 is 0. The second-order valence-electron chi connectivity index (χ2n) is 6.97. The van der Waals surface area contributed by atoms with E-state index in [-0.39, 0.29) is 5.41 Å². The van der Waals surface area contributed by atoms with Gasteiger partial charge in [-0.1, -0.05) is 58.5 Å². The Morgan fingerprint density at radius 1 is 1.28 bits per heavy atom. The van der Waals surface area contributed by atoms with Crippen LogP contribution in [-0.2, 0) is 0 Å². The lowest BCUT2D eigenvalue weighted by Crippen LogP contribution is -2.51. The maximum absolute atomic E-state index is 13.4. The predicted molar refractivity (Wildman–Crippen MR) is 75.3 cm³/mol. The Morgan fingerprint density at radius 2 is 1.83 bits per heavy atom. The van der Waals surface area contributed by atoms with Crippen LogP contribution in [-0.4, -0.2) is 21.3 Å². The Bertz CT molecular complexity index is 301. The number of halogens is 3. The summed E-state index contributed by atoms with van der Waals surface area (Å²) in [5, 5.41) is -0.645. The monoisotopic (exact) mass is 260 g/mol. The maximum Gasteiger partial charge on any atom is 0.393 e. The van der Waals surface area contributed by atoms with Crippen LogP contribution in [0.1, 0.15) is 53.4 Å². The molecule has 1 aliphatic heterocycles. The van der Waals surface area contributed by atoms with Crippen LogP contribution >= 0.6 is 0 Å². The van der Waals surface area contributed by atoms with Gasteiger partial charge in [0.1, 0.15) is 15.1 Å². The highest BCUT2D eigenvalue weighted by molar-refractivity contribution is 6.55. The minimum atomic E-state index is -4.13. The van der Waals surface area contributed by atoms with E-state index in [9.17, 15) is 13.2 Å². The van der Waals surface area contributed by atoms with Gasteiger partial charge in [-0.3, -0.25) is 0 Å². The third-order valence-corrected chi connectivity index (χ3v) is 5.91. The normalized spacial score (nSPS) is 33.5. The van der Waals surface area contributed by atoms with Crippen molar-refractivity contribution in [3.63, 3.8) is 0 Å². The van der Waals surface area contributed by atoms with E-state index in [0.29, 0.717) is 7.28 Å². The van der Waals surface area contributed by atoms with Gasteiger partial charge in [0, 0.05) is 0 Å². The molecule has 18 heavy (non-hydrogen) atoms. The summed E-state index contributed by atoms with van der Waals surface area (Å²) in [6, 6.07) is 0. The SMILES string of the molecule is BC1(C(C)(C)C(F)(F)F)BCCC1(C)CCCC. The van der Waals surface area contributed by atoms with Gasteiger partial charge in [0.05, 0.1) is 5.41 Å². The number of rotatable bonds is 4. The Morgan fingerprint density at radius 3 is 2.28 bits per heavy atom. The Hall–Kier alpha value is -0.0801. The first kappa shape index (κ1) is 16.0. The number of unbranched alkanes of at least 4 members (excludes halogenated alkanes) is 1. The van der Waals surface area contributed by atoms with Crippen molar-refractivity contribution >= 4 is 15.1 Å². The van der Waals surface area contributed by atoms with Crippen molar-refractivity contribution < 1.29 is 13.2 Å². The molecule has 0 nitrogen and oxygen atoms in total. The average Bonchev–Trinajstić information content (AvgIpc) is 2.53. The molecule has 0 spiro atoms. The Balaban J connectivity index is 3.10. The molecule has 5 heteroatoms. The molecule has 0 aromatic carbocycles. The van der Waals surface area contributed by atoms with Crippen LogP contribution in [0.4, 0.5) is 13.2 Å². The topological polar surface area (TPSA) is 0 Å². The van der Waals surface area contributed by atoms with Crippen molar-refractivity contribution in [2.45, 2.75) is 71.1 Å². The summed E-state index contributed by atoms with van der Waals surface area (Å²) in [5.41, 5.74) is -1.79. The lowest BCUT2D eigenvalue weighted by molar-refractivity contribution is -0.226. The highest BCUT2D eigenvalue weighted by atomic mass is 19.4. The second-order valence-corrected chi connectivity index (χ2v) is 6.97. The van der Waals surface area contributed by atoms with Crippen molar-refractivity contribution in [3.05, 3.63) is 0 Å². The van der Waals surface area contributed by atoms with E-state index in [1.54, 1.807) is 0 Å². The zero-order chi connectivity index (χ0) is 14.2. The smallest absolute Gasteiger partial charge is 0.171 e. The molecule has 104 valence electrons. The van der Waals surface area contributed by atoms with E-state index >= 15 is 0 Å². The lowest BCUT2D eigenvalue weighted by atomic mass is 9.30. The zero-order valence-electron chi connectivity index (χ0n) is 12.4. The summed E-state index contributed by atoms with van der Waals surface area (Å²) in [5.74, 6) is 0. The fourth-order valence-corrected chi connectivity index (χ4v) is 3.76. The van der Waals surface area contributed by atoms with Crippen molar-refractivity contribution in [2.24, 2.45) is 10.8 Å². The van der Waals surface area contributed by atoms with E-state index in [1.165, 1.54) is 13.8 Å². The van der Waals surface area contributed by atoms with Gasteiger partial charge in [-0.05, 0) is 11.8 Å². The van der Waals surface area contributed by atoms with Crippen molar-refractivity contribution in [1.29, 1.82) is 0 Å². The van der Waals surface area contributed by atoms with E-state index in [2.05, 4.69) is 13.8 Å². The van der Waals surface area contributed by atoms with Crippen LogP contribution in [0.3, 0.4) is 0 Å². The standard InChI is InChI=1S/C13H25B2F3/c1-5-6-7-11(4)8-9-15-12(11,14)10(2,3)13(16,17)18/h15H,5-9,14H2,1-4H3. The van der Waals surface area contributed by atoms with E-state index in [1.807, 2.05) is 7.85 Å². The molecule has 0 amide bonds. The maximum atomic E-state index is 13.4. The molecular formula is C13H25B2F3. The van der Waals surface area contributed by atoms with Gasteiger partial charge >= 0.3 is 6.18 Å². The molecule has 1 saturated heterocycles. The van der Waals surface area contributed by atoms with Crippen molar-refractivity contribution in [2.75, 3.05) is 0 Å². The predicted octanol–water partition coefficient (Wildman–Crippen LogP) is 3.78. The van der Waals surface area contributed by atoms with E-state index in [0.717, 1.165) is 32.0 Å². The van der Waals surface area contributed by atoms with Crippen LogP contribution in [0, 0.1) is 10.8 Å². The van der Waals surface area contributed by atoms with Gasteiger partial charge in [0.25, 0.3) is 0 Å². The third kappa shape index (κ3) is 2.22. The summed E-state index contributed by atoms with van der Waals surface area (Å²) < 4.78 is 40.2. The minimum Gasteiger partial charge on any atom is -0.171 e. The molecule has 1 rings (SSSR count). The number of hydrogen-bond acceptors (Lipinski definition) is 0. The highest BCUT2D eigenvalue weighted by Crippen LogP contribution is 2.67. The van der Waals surface area contributed by atoms with Crippen LogP contribution in [0.2, 0.25) is 11.5 Å². The zero-order valence-corrected chi connectivity index (χ0v) is 12.4. The molecule has 2 atom stereocenters. The molecule has 0 aromatic heterocycles. The Kier molecular flexibility index (Phi) is 4.25. The number of hydrogen-bond donors (Lipinski definition) is 0. The minimum absolute atomic E-state index is 0.179. The molecule has 0 radical (unpaired) electrons. The lowest BCUT2D eigenvalue weighted by Gasteiger charge is -2.53. The molecule has 0 bridgehead atoms. The van der Waals surface area contributed by atoms with Gasteiger partial charge in [-0.15, -0.1) is 0 Å². The van der Waals surface area contributed by atoms with Gasteiger partial charge in [0.2, 0.25) is 0 Å². The molecule has 0 aromatic rings. The van der Waals surface area contributed by atoms with Crippen molar-refractivity contribution in [3.8, 4) is 0 Å². The summed E-state index contributed by atoms with van der Waals surface area (Å²) in [6.07, 6.45) is 0.733. The third-order valence-electron chi connectivity index (χ3n) is 5.91. The number of alkyl halides is 3. The van der Waals surface area contributed by atoms with Crippen LogP contribution < -0.4 is 0 Å². The summed E-state index contributed by atoms with van der Waals surface area (Å²) in [7, 11) is 2.56. The Labute approximate surface area is 111 Å². The molecule has 1 aliphatic rings. The van der Waals surface area contributed by atoms with Crippen LogP contribution in [0.15, 0.2) is 0 Å². The first-order valence-electron chi connectivity index (χ1n) is 7.08. The molecule has 2 unspecified atom stereocenters. The molecular weight excluding hydrogens is 235 g/mol. The molecule has 0 N–H and O–H groups in total. The van der Waals surface area contributed by atoms with Gasteiger partial charge in [0.15, 0.2) is 0 Å².